The summed E-state index contributed by atoms with van der Waals surface area (Å²) in [5.74, 6) is 0. The first-order valence-electron chi connectivity index (χ1n) is 6.83. The van der Waals surface area contributed by atoms with E-state index >= 15 is 0 Å². The molecule has 1 atom stereocenters. The maximum Gasteiger partial charge on any atom is 0.0791 e. The molecule has 3 rings (SSSR count). The van der Waals surface area contributed by atoms with Crippen molar-refractivity contribution in [1.82, 2.24) is 10.3 Å². The van der Waals surface area contributed by atoms with Gasteiger partial charge in [0.2, 0.25) is 0 Å². The summed E-state index contributed by atoms with van der Waals surface area (Å²) < 4.78 is 0. The fourth-order valence-electron chi connectivity index (χ4n) is 2.32. The Bertz CT molecular complexity index is 746. The molecule has 2 heterocycles. The van der Waals surface area contributed by atoms with Gasteiger partial charge in [0.25, 0.3) is 0 Å². The Hall–Kier alpha value is -1.71. The van der Waals surface area contributed by atoms with Crippen molar-refractivity contribution in [3.05, 3.63) is 53.0 Å². The number of nitrogens with one attached hydrogen (secondary N) is 1. The highest BCUT2D eigenvalue weighted by Crippen LogP contribution is 2.34. The average molecular weight is 282 g/mol. The number of hydrogen-bond acceptors (Lipinski definition) is 3. The van der Waals surface area contributed by atoms with Gasteiger partial charge in [0, 0.05) is 32.4 Å². The van der Waals surface area contributed by atoms with Crippen LogP contribution in [0.2, 0.25) is 0 Å². The first-order valence-corrected chi connectivity index (χ1v) is 7.64. The third kappa shape index (κ3) is 2.35. The Labute approximate surface area is 123 Å². The van der Waals surface area contributed by atoms with Gasteiger partial charge in [-0.25, -0.2) is 0 Å². The molecule has 2 aromatic heterocycles. The molecule has 102 valence electrons. The minimum atomic E-state index is 0.387. The molecule has 0 spiro atoms. The van der Waals surface area contributed by atoms with Gasteiger partial charge >= 0.3 is 0 Å². The second kappa shape index (κ2) is 5.35. The van der Waals surface area contributed by atoms with Gasteiger partial charge in [-0.05, 0) is 39.1 Å². The van der Waals surface area contributed by atoms with E-state index in [1.165, 1.54) is 20.7 Å². The zero-order valence-corrected chi connectivity index (χ0v) is 12.8. The standard InChI is InChI=1S/C17H18N2S/c1-11-7-8-13-5-4-6-14(17(13)19-11)16-10-9-15(20-16)12(2)18-3/h4-10,12,18H,1-3H3. The maximum absolute atomic E-state index is 4.72. The van der Waals surface area contributed by atoms with E-state index in [0.29, 0.717) is 6.04 Å². The lowest BCUT2D eigenvalue weighted by Crippen LogP contribution is -2.10. The fourth-order valence-corrected chi connectivity index (χ4v) is 3.41. The van der Waals surface area contributed by atoms with Crippen LogP contribution in [0.4, 0.5) is 0 Å². The number of aromatic nitrogens is 1. The molecule has 0 amide bonds. The minimum Gasteiger partial charge on any atom is -0.313 e. The van der Waals surface area contributed by atoms with Crippen molar-refractivity contribution in [1.29, 1.82) is 0 Å². The lowest BCUT2D eigenvalue weighted by atomic mass is 10.1. The zero-order chi connectivity index (χ0) is 14.1. The molecule has 0 fully saturated rings. The Balaban J connectivity index is 2.14. The number of rotatable bonds is 3. The summed E-state index contributed by atoms with van der Waals surface area (Å²) in [4.78, 5) is 7.35. The van der Waals surface area contributed by atoms with Crippen molar-refractivity contribution in [3.8, 4) is 10.4 Å². The van der Waals surface area contributed by atoms with E-state index in [4.69, 9.17) is 4.98 Å². The van der Waals surface area contributed by atoms with E-state index in [-0.39, 0.29) is 0 Å². The van der Waals surface area contributed by atoms with E-state index in [1.807, 2.05) is 25.3 Å². The fraction of sp³-hybridized carbons (Fsp3) is 0.235. The summed E-state index contributed by atoms with van der Waals surface area (Å²) in [6.45, 7) is 4.22. The molecular formula is C17H18N2S. The summed E-state index contributed by atoms with van der Waals surface area (Å²) >= 11 is 1.84. The summed E-state index contributed by atoms with van der Waals surface area (Å²) in [5.41, 5.74) is 3.38. The second-order valence-corrected chi connectivity index (χ2v) is 6.16. The molecule has 0 bridgehead atoms. The van der Waals surface area contributed by atoms with Gasteiger partial charge in [-0.1, -0.05) is 24.3 Å². The number of nitrogens with zero attached hydrogens (tertiary/aromatic N) is 1. The van der Waals surface area contributed by atoms with Crippen molar-refractivity contribution < 1.29 is 0 Å². The van der Waals surface area contributed by atoms with Gasteiger partial charge in [0.1, 0.15) is 0 Å². The molecule has 0 saturated heterocycles. The Morgan fingerprint density at radius 1 is 1.10 bits per heavy atom. The van der Waals surface area contributed by atoms with Gasteiger partial charge in [0.05, 0.1) is 5.52 Å². The van der Waals surface area contributed by atoms with Crippen LogP contribution in [0.1, 0.15) is 23.5 Å². The first-order chi connectivity index (χ1) is 9.69. The molecule has 3 heteroatoms. The van der Waals surface area contributed by atoms with Crippen molar-refractivity contribution in [2.75, 3.05) is 7.05 Å². The molecular weight excluding hydrogens is 264 g/mol. The smallest absolute Gasteiger partial charge is 0.0791 e. The molecule has 0 aliphatic heterocycles. The van der Waals surface area contributed by atoms with E-state index in [1.54, 1.807) is 0 Å². The molecule has 1 aromatic carbocycles. The third-order valence-electron chi connectivity index (χ3n) is 3.61. The number of pyridine rings is 1. The summed E-state index contributed by atoms with van der Waals surface area (Å²) in [7, 11) is 1.99. The Kier molecular flexibility index (Phi) is 3.55. The van der Waals surface area contributed by atoms with Crippen LogP contribution in [0.15, 0.2) is 42.5 Å². The molecule has 1 unspecified atom stereocenters. The van der Waals surface area contributed by atoms with Crippen LogP contribution in [-0.4, -0.2) is 12.0 Å². The predicted octanol–water partition coefficient (Wildman–Crippen LogP) is 4.55. The number of para-hydroxylation sites is 1. The van der Waals surface area contributed by atoms with Gasteiger partial charge < -0.3 is 5.32 Å². The molecule has 2 nitrogen and oxygen atoms in total. The molecule has 20 heavy (non-hydrogen) atoms. The molecule has 0 radical (unpaired) electrons. The average Bonchev–Trinajstić information content (AvgIpc) is 2.95. The number of hydrogen-bond donors (Lipinski definition) is 1. The van der Waals surface area contributed by atoms with E-state index in [2.05, 4.69) is 54.7 Å². The lowest BCUT2D eigenvalue weighted by molar-refractivity contribution is 0.664. The zero-order valence-electron chi connectivity index (χ0n) is 12.0. The lowest BCUT2D eigenvalue weighted by Gasteiger charge is -2.07. The largest absolute Gasteiger partial charge is 0.313 e. The minimum absolute atomic E-state index is 0.387. The van der Waals surface area contributed by atoms with Gasteiger partial charge in [0.15, 0.2) is 0 Å². The second-order valence-electron chi connectivity index (χ2n) is 5.04. The quantitative estimate of drug-likeness (QED) is 0.762. The van der Waals surface area contributed by atoms with Crippen molar-refractivity contribution in [2.24, 2.45) is 0 Å². The number of thiophene rings is 1. The maximum atomic E-state index is 4.72. The first kappa shape index (κ1) is 13.3. The van der Waals surface area contributed by atoms with E-state index in [0.717, 1.165) is 11.2 Å². The SMILES string of the molecule is CNC(C)c1ccc(-c2cccc3ccc(C)nc23)s1. The third-order valence-corrected chi connectivity index (χ3v) is 4.91. The summed E-state index contributed by atoms with van der Waals surface area (Å²) in [6.07, 6.45) is 0. The molecule has 0 aliphatic carbocycles. The van der Waals surface area contributed by atoms with Gasteiger partial charge in [-0.15, -0.1) is 11.3 Å². The Morgan fingerprint density at radius 3 is 2.75 bits per heavy atom. The summed E-state index contributed by atoms with van der Waals surface area (Å²) in [6, 6.07) is 15.4. The molecule has 0 saturated carbocycles. The number of aryl methyl sites for hydroxylation is 1. The van der Waals surface area contributed by atoms with Crippen molar-refractivity contribution >= 4 is 22.2 Å². The van der Waals surface area contributed by atoms with E-state index in [9.17, 15) is 0 Å². The normalized spacial score (nSPS) is 12.8. The van der Waals surface area contributed by atoms with Gasteiger partial charge in [-0.3, -0.25) is 4.98 Å². The predicted molar refractivity (Wildman–Crippen MR) is 87.3 cm³/mol. The van der Waals surface area contributed by atoms with Crippen LogP contribution in [0.25, 0.3) is 21.3 Å². The molecule has 1 N–H and O–H groups in total. The van der Waals surface area contributed by atoms with Crippen LogP contribution >= 0.6 is 11.3 Å². The molecule has 3 aromatic rings. The highest BCUT2D eigenvalue weighted by molar-refractivity contribution is 7.15. The number of fused-ring (bicyclic) bond motifs is 1. The monoisotopic (exact) mass is 282 g/mol. The molecule has 0 aliphatic rings. The van der Waals surface area contributed by atoms with Crippen LogP contribution in [0, 0.1) is 6.92 Å². The highest BCUT2D eigenvalue weighted by Gasteiger charge is 2.10. The van der Waals surface area contributed by atoms with Crippen LogP contribution in [0.5, 0.6) is 0 Å². The van der Waals surface area contributed by atoms with Crippen molar-refractivity contribution in [2.45, 2.75) is 19.9 Å². The summed E-state index contributed by atoms with van der Waals surface area (Å²) in [5, 5.41) is 4.49. The topological polar surface area (TPSA) is 24.9 Å². The van der Waals surface area contributed by atoms with Crippen LogP contribution < -0.4 is 5.32 Å². The van der Waals surface area contributed by atoms with E-state index < -0.39 is 0 Å². The Morgan fingerprint density at radius 2 is 1.95 bits per heavy atom. The number of benzene rings is 1. The van der Waals surface area contributed by atoms with Crippen LogP contribution in [-0.2, 0) is 0 Å². The highest BCUT2D eigenvalue weighted by atomic mass is 32.1. The van der Waals surface area contributed by atoms with Crippen molar-refractivity contribution in [3.63, 3.8) is 0 Å². The van der Waals surface area contributed by atoms with Gasteiger partial charge in [-0.2, -0.15) is 0 Å². The van der Waals surface area contributed by atoms with Crippen LogP contribution in [0.3, 0.4) is 0 Å².